The number of carbonyl (C=O) groups excluding carboxylic acids is 1. The monoisotopic (exact) mass is 370 g/mol. The standard InChI is InChI=1S/C15H16Cl2N4O3/c1-15(2,3)24-14(22)19-8-4-5-10(9(16)6-8)23-12-7-11(17)20-13(18)21-12/h4-7H,1-3H3,(H,19,22)(H2,18,20,21). The first-order valence-electron chi connectivity index (χ1n) is 6.90. The van der Waals surface area contributed by atoms with E-state index in [1.807, 2.05) is 0 Å². The second kappa shape index (κ2) is 7.11. The zero-order valence-electron chi connectivity index (χ0n) is 13.3. The number of nitrogen functional groups attached to an aromatic ring is 1. The van der Waals surface area contributed by atoms with Crippen LogP contribution in [-0.2, 0) is 4.74 Å². The molecule has 0 unspecified atom stereocenters. The van der Waals surface area contributed by atoms with Gasteiger partial charge in [-0.05, 0) is 39.0 Å². The van der Waals surface area contributed by atoms with Gasteiger partial charge in [0.25, 0.3) is 0 Å². The van der Waals surface area contributed by atoms with Gasteiger partial charge < -0.3 is 15.2 Å². The van der Waals surface area contributed by atoms with E-state index in [9.17, 15) is 4.79 Å². The fraction of sp³-hybridized carbons (Fsp3) is 0.267. The number of nitrogens with two attached hydrogens (primary N) is 1. The van der Waals surface area contributed by atoms with Crippen LogP contribution in [0.15, 0.2) is 24.3 Å². The van der Waals surface area contributed by atoms with Crippen LogP contribution in [0.25, 0.3) is 0 Å². The number of anilines is 2. The smallest absolute Gasteiger partial charge is 0.412 e. The Kier molecular flexibility index (Phi) is 5.36. The molecule has 7 nitrogen and oxygen atoms in total. The molecule has 1 aromatic heterocycles. The molecule has 0 spiro atoms. The third kappa shape index (κ3) is 5.43. The minimum atomic E-state index is -0.594. The fourth-order valence-electron chi connectivity index (χ4n) is 1.66. The molecule has 0 radical (unpaired) electrons. The van der Waals surface area contributed by atoms with Gasteiger partial charge in [0.2, 0.25) is 11.8 Å². The van der Waals surface area contributed by atoms with Gasteiger partial charge in [-0.25, -0.2) is 9.78 Å². The molecule has 24 heavy (non-hydrogen) atoms. The molecule has 0 aliphatic heterocycles. The number of hydrogen-bond acceptors (Lipinski definition) is 6. The number of carbonyl (C=O) groups is 1. The number of aromatic nitrogens is 2. The Hall–Kier alpha value is -2.25. The normalized spacial score (nSPS) is 11.0. The summed E-state index contributed by atoms with van der Waals surface area (Å²) in [5.41, 5.74) is 5.37. The molecule has 0 saturated carbocycles. The van der Waals surface area contributed by atoms with Crippen LogP contribution in [0.1, 0.15) is 20.8 Å². The summed E-state index contributed by atoms with van der Waals surface area (Å²) < 4.78 is 10.7. The molecule has 0 atom stereocenters. The first-order chi connectivity index (χ1) is 11.1. The van der Waals surface area contributed by atoms with Gasteiger partial charge >= 0.3 is 6.09 Å². The SMILES string of the molecule is CC(C)(C)OC(=O)Nc1ccc(Oc2cc(Cl)nc(N)n2)c(Cl)c1. The summed E-state index contributed by atoms with van der Waals surface area (Å²) in [5, 5.41) is 2.99. The van der Waals surface area contributed by atoms with Crippen LogP contribution in [-0.4, -0.2) is 21.7 Å². The molecule has 1 aromatic carbocycles. The maximum absolute atomic E-state index is 11.7. The van der Waals surface area contributed by atoms with E-state index in [2.05, 4.69) is 15.3 Å². The van der Waals surface area contributed by atoms with Crippen LogP contribution < -0.4 is 15.8 Å². The Labute approximate surface area is 149 Å². The zero-order chi connectivity index (χ0) is 17.9. The van der Waals surface area contributed by atoms with E-state index in [-0.39, 0.29) is 22.0 Å². The number of nitrogens with zero attached hydrogens (tertiary/aromatic N) is 2. The molecule has 0 aliphatic carbocycles. The van der Waals surface area contributed by atoms with Gasteiger partial charge in [-0.15, -0.1) is 0 Å². The second-order valence-corrected chi connectivity index (χ2v) is 6.56. The van der Waals surface area contributed by atoms with Gasteiger partial charge in [-0.1, -0.05) is 23.2 Å². The van der Waals surface area contributed by atoms with Crippen molar-refractivity contribution >= 4 is 40.9 Å². The summed E-state index contributed by atoms with van der Waals surface area (Å²) in [6.45, 7) is 5.32. The van der Waals surface area contributed by atoms with Crippen LogP contribution in [0, 0.1) is 0 Å². The molecule has 3 N–H and O–H groups in total. The highest BCUT2D eigenvalue weighted by atomic mass is 35.5. The average molecular weight is 371 g/mol. The van der Waals surface area contributed by atoms with Crippen LogP contribution in [0.4, 0.5) is 16.4 Å². The van der Waals surface area contributed by atoms with Gasteiger partial charge in [-0.2, -0.15) is 4.98 Å². The highest BCUT2D eigenvalue weighted by Gasteiger charge is 2.16. The van der Waals surface area contributed by atoms with E-state index in [1.54, 1.807) is 32.9 Å². The molecule has 9 heteroatoms. The topological polar surface area (TPSA) is 99.4 Å². The molecule has 1 heterocycles. The summed E-state index contributed by atoms with van der Waals surface area (Å²) in [4.78, 5) is 19.4. The maximum atomic E-state index is 11.7. The lowest BCUT2D eigenvalue weighted by molar-refractivity contribution is 0.0636. The predicted octanol–water partition coefficient (Wildman–Crippen LogP) is 4.50. The van der Waals surface area contributed by atoms with Crippen molar-refractivity contribution in [2.45, 2.75) is 26.4 Å². The molecule has 0 saturated heterocycles. The number of hydrogen-bond donors (Lipinski definition) is 2. The van der Waals surface area contributed by atoms with Crippen molar-refractivity contribution in [3.63, 3.8) is 0 Å². The van der Waals surface area contributed by atoms with Crippen molar-refractivity contribution in [1.82, 2.24) is 9.97 Å². The minimum Gasteiger partial charge on any atom is -0.444 e. The van der Waals surface area contributed by atoms with Gasteiger partial charge in [-0.3, -0.25) is 5.32 Å². The first kappa shape index (κ1) is 18.1. The maximum Gasteiger partial charge on any atom is 0.412 e. The highest BCUT2D eigenvalue weighted by molar-refractivity contribution is 6.32. The number of halogens is 2. The van der Waals surface area contributed by atoms with Crippen LogP contribution in [0.3, 0.4) is 0 Å². The quantitative estimate of drug-likeness (QED) is 0.771. The van der Waals surface area contributed by atoms with E-state index in [1.165, 1.54) is 12.1 Å². The van der Waals surface area contributed by atoms with Gasteiger partial charge in [0.15, 0.2) is 0 Å². The minimum absolute atomic E-state index is 0.0168. The van der Waals surface area contributed by atoms with E-state index in [0.717, 1.165) is 0 Å². The molecular weight excluding hydrogens is 355 g/mol. The highest BCUT2D eigenvalue weighted by Crippen LogP contribution is 2.31. The van der Waals surface area contributed by atoms with Gasteiger partial charge in [0.1, 0.15) is 16.5 Å². The first-order valence-corrected chi connectivity index (χ1v) is 7.65. The fourth-order valence-corrected chi connectivity index (χ4v) is 2.06. The third-order valence-corrected chi connectivity index (χ3v) is 2.97. The zero-order valence-corrected chi connectivity index (χ0v) is 14.8. The van der Waals surface area contributed by atoms with Crippen molar-refractivity contribution in [1.29, 1.82) is 0 Å². The third-order valence-electron chi connectivity index (χ3n) is 2.48. The molecule has 1 amide bonds. The summed E-state index contributed by atoms with van der Waals surface area (Å²) in [6, 6.07) is 6.10. The Morgan fingerprint density at radius 3 is 2.50 bits per heavy atom. The van der Waals surface area contributed by atoms with Crippen LogP contribution in [0.2, 0.25) is 10.2 Å². The molecule has 128 valence electrons. The van der Waals surface area contributed by atoms with Gasteiger partial charge in [0.05, 0.1) is 5.02 Å². The Morgan fingerprint density at radius 1 is 1.21 bits per heavy atom. The number of rotatable bonds is 3. The van der Waals surface area contributed by atoms with E-state index in [0.29, 0.717) is 11.4 Å². The van der Waals surface area contributed by atoms with Crippen molar-refractivity contribution in [3.8, 4) is 11.6 Å². The lowest BCUT2D eigenvalue weighted by Crippen LogP contribution is -2.27. The summed E-state index contributed by atoms with van der Waals surface area (Å²) in [6.07, 6.45) is -0.581. The number of amides is 1. The van der Waals surface area contributed by atoms with E-state index < -0.39 is 11.7 Å². The number of benzene rings is 1. The molecule has 0 aliphatic rings. The largest absolute Gasteiger partial charge is 0.444 e. The van der Waals surface area contributed by atoms with Crippen LogP contribution >= 0.6 is 23.2 Å². The predicted molar refractivity (Wildman–Crippen MR) is 92.8 cm³/mol. The summed E-state index contributed by atoms with van der Waals surface area (Å²) >= 11 is 11.9. The molecular formula is C15H16Cl2N4O3. The van der Waals surface area contributed by atoms with Crippen molar-refractivity contribution < 1.29 is 14.3 Å². The molecule has 0 fully saturated rings. The number of ether oxygens (including phenoxy) is 2. The molecule has 0 bridgehead atoms. The molecule has 2 rings (SSSR count). The Bertz CT molecular complexity index is 743. The second-order valence-electron chi connectivity index (χ2n) is 5.76. The van der Waals surface area contributed by atoms with Crippen molar-refractivity contribution in [3.05, 3.63) is 34.4 Å². The molecule has 2 aromatic rings. The van der Waals surface area contributed by atoms with Crippen LogP contribution in [0.5, 0.6) is 11.6 Å². The van der Waals surface area contributed by atoms with E-state index in [4.69, 9.17) is 38.4 Å². The Balaban J connectivity index is 2.10. The Morgan fingerprint density at radius 2 is 1.92 bits per heavy atom. The lowest BCUT2D eigenvalue weighted by atomic mass is 10.2. The average Bonchev–Trinajstić information content (AvgIpc) is 2.38. The lowest BCUT2D eigenvalue weighted by Gasteiger charge is -2.19. The van der Waals surface area contributed by atoms with Crippen molar-refractivity contribution in [2.75, 3.05) is 11.1 Å². The van der Waals surface area contributed by atoms with Crippen molar-refractivity contribution in [2.24, 2.45) is 0 Å². The van der Waals surface area contributed by atoms with E-state index >= 15 is 0 Å². The summed E-state index contributed by atoms with van der Waals surface area (Å²) in [5.74, 6) is 0.458. The number of nitrogens with one attached hydrogen (secondary N) is 1. The van der Waals surface area contributed by atoms with Gasteiger partial charge in [0, 0.05) is 11.8 Å². The summed E-state index contributed by atoms with van der Waals surface area (Å²) in [7, 11) is 0.